The highest BCUT2D eigenvalue weighted by molar-refractivity contribution is 7.86. The number of hydrogen-bond acceptors (Lipinski definition) is 26. The van der Waals surface area contributed by atoms with E-state index in [1.165, 1.54) is 24.3 Å². The van der Waals surface area contributed by atoms with Gasteiger partial charge in [0.25, 0.3) is 21.9 Å². The van der Waals surface area contributed by atoms with Crippen molar-refractivity contribution in [3.63, 3.8) is 0 Å². The zero-order chi connectivity index (χ0) is 69.3. The lowest BCUT2D eigenvalue weighted by molar-refractivity contribution is -0.442. The minimum atomic E-state index is -4.87. The first-order valence-corrected chi connectivity index (χ1v) is 35.0. The maximum atomic E-state index is 12.7. The average Bonchev–Trinajstić information content (AvgIpc) is 1.57. The molecular weight excluding hydrogens is 1300 g/mol. The van der Waals surface area contributed by atoms with Crippen LogP contribution in [0, 0.1) is 0 Å². The van der Waals surface area contributed by atoms with Gasteiger partial charge in [-0.3, -0.25) is 14.1 Å². The van der Waals surface area contributed by atoms with Gasteiger partial charge in [0.1, 0.15) is 16.7 Å². The van der Waals surface area contributed by atoms with Crippen molar-refractivity contribution >= 4 is 55.1 Å². The molecule has 0 bridgehead atoms. The average molecular weight is 1400 g/mol. The maximum absolute atomic E-state index is 12.7. The highest BCUT2D eigenvalue weighted by Gasteiger charge is 2.48. The van der Waals surface area contributed by atoms with Crippen LogP contribution in [0.3, 0.4) is 0 Å². The van der Waals surface area contributed by atoms with Crippen LogP contribution in [0.1, 0.15) is 57.1 Å². The Bertz CT molecular complexity index is 2990. The first-order chi connectivity index (χ1) is 46.4. The van der Waals surface area contributed by atoms with E-state index in [2.05, 4.69) is 4.90 Å². The fraction of sp³-hybridized carbons (Fsp3) is 0.662. The summed E-state index contributed by atoms with van der Waals surface area (Å²) in [5, 5.41) is 0.492. The van der Waals surface area contributed by atoms with Crippen molar-refractivity contribution in [3.05, 3.63) is 83.6 Å². The van der Waals surface area contributed by atoms with Crippen molar-refractivity contribution in [2.24, 2.45) is 0 Å². The Morgan fingerprint density at radius 2 is 0.938 bits per heavy atom. The number of hydrogen-bond donors (Lipinski definition) is 1. The van der Waals surface area contributed by atoms with Gasteiger partial charge in [-0.2, -0.15) is 13.0 Å². The smallest absolute Gasteiger partial charge is 0.335 e. The lowest BCUT2D eigenvalue weighted by atomic mass is 9.76. The Morgan fingerprint density at radius 3 is 1.41 bits per heavy atom. The quantitative estimate of drug-likeness (QED) is 0.0323. The van der Waals surface area contributed by atoms with Gasteiger partial charge in [-0.1, -0.05) is 18.2 Å². The lowest BCUT2D eigenvalue weighted by Crippen LogP contribution is -2.33. The third-order valence-corrected chi connectivity index (χ3v) is 17.1. The number of hydroxylamine groups is 2. The van der Waals surface area contributed by atoms with E-state index in [9.17, 15) is 40.3 Å². The van der Waals surface area contributed by atoms with E-state index >= 15 is 0 Å². The second kappa shape index (κ2) is 45.6. The molecule has 1 fully saturated rings. The van der Waals surface area contributed by atoms with Gasteiger partial charge < -0.3 is 90.1 Å². The normalized spacial score (nSPS) is 17.8. The number of fused-ring (bicyclic) bond motifs is 2. The molecule has 2 aromatic carbocycles. The summed E-state index contributed by atoms with van der Waals surface area (Å²) in [6.45, 7) is 13.9. The van der Waals surface area contributed by atoms with Crippen LogP contribution in [-0.2, 0) is 126 Å². The molecule has 0 radical (unpaired) electrons. The summed E-state index contributed by atoms with van der Waals surface area (Å²) in [6, 6.07) is 8.90. The van der Waals surface area contributed by atoms with E-state index in [-0.39, 0.29) is 115 Å². The molecule has 1 N–H and O–H groups in total. The summed E-state index contributed by atoms with van der Waals surface area (Å²) in [5.41, 5.74) is 2.41. The largest absolute Gasteiger partial charge is 0.744 e. The molecule has 29 nitrogen and oxygen atoms in total. The van der Waals surface area contributed by atoms with E-state index < -0.39 is 48.8 Å². The SMILES string of the molecule is COCCOCCOCCOCCN1C(=CC=CC=CC2=[N+](CCOCCOCCOCCOCCC(=O)ON3C(=O)CCC3=O)c3ccc(S(=O)(=O)[O-])cc3C2(C)CCOCCOCCOCCOC)C(C)(CCOCCOCCOCCOC)c2cc(S(=O)(=O)O)ccc21. The summed E-state index contributed by atoms with van der Waals surface area (Å²) >= 11 is 0. The van der Waals surface area contributed by atoms with Crippen molar-refractivity contribution in [2.45, 2.75) is 66.6 Å². The Kier molecular flexibility index (Phi) is 38.7. The van der Waals surface area contributed by atoms with Gasteiger partial charge in [0, 0.05) is 88.4 Å². The summed E-state index contributed by atoms with van der Waals surface area (Å²) in [6.07, 6.45) is 10.1. The third-order valence-electron chi connectivity index (χ3n) is 15.4. The van der Waals surface area contributed by atoms with Crippen molar-refractivity contribution in [2.75, 3.05) is 231 Å². The predicted molar refractivity (Wildman–Crippen MR) is 346 cm³/mol. The second-order valence-corrected chi connectivity index (χ2v) is 25.0. The third kappa shape index (κ3) is 28.3. The summed E-state index contributed by atoms with van der Waals surface area (Å²) in [5.74, 6) is -1.87. The molecule has 5 rings (SSSR count). The summed E-state index contributed by atoms with van der Waals surface area (Å²) in [4.78, 5) is 41.6. The minimum absolute atomic E-state index is 0.00558. The van der Waals surface area contributed by atoms with Gasteiger partial charge >= 0.3 is 5.97 Å². The number of amides is 2. The molecule has 96 heavy (non-hydrogen) atoms. The first kappa shape index (κ1) is 81.6. The van der Waals surface area contributed by atoms with E-state index in [0.29, 0.717) is 159 Å². The zero-order valence-corrected chi connectivity index (χ0v) is 57.8. The number of anilines is 1. The molecule has 3 aliphatic rings. The Hall–Kier alpha value is -5.08. The Labute approximate surface area is 564 Å². The van der Waals surface area contributed by atoms with Crippen LogP contribution < -0.4 is 4.90 Å². The van der Waals surface area contributed by atoms with Crippen molar-refractivity contribution in [1.82, 2.24) is 5.06 Å². The molecule has 31 heteroatoms. The molecule has 2 atom stereocenters. The number of ether oxygens (including phenoxy) is 16. The highest BCUT2D eigenvalue weighted by atomic mass is 32.2. The number of benzene rings is 2. The minimum Gasteiger partial charge on any atom is -0.744 e. The topological polar surface area (TPSA) is 329 Å². The van der Waals surface area contributed by atoms with Gasteiger partial charge in [-0.05, 0) is 68.7 Å². The number of nitrogens with zero attached hydrogens (tertiary/aromatic N) is 3. The first-order valence-electron chi connectivity index (χ1n) is 32.1. The molecule has 0 aromatic heterocycles. The fourth-order valence-electron chi connectivity index (χ4n) is 10.4. The van der Waals surface area contributed by atoms with Crippen molar-refractivity contribution < 1.29 is 126 Å². The molecule has 1 saturated heterocycles. The van der Waals surface area contributed by atoms with E-state index in [1.54, 1.807) is 33.5 Å². The molecule has 2 unspecified atom stereocenters. The molecule has 0 spiro atoms. The Balaban J connectivity index is 1.34. The summed E-state index contributed by atoms with van der Waals surface area (Å²) < 4.78 is 165. The zero-order valence-electron chi connectivity index (χ0n) is 56.1. The Morgan fingerprint density at radius 1 is 0.521 bits per heavy atom. The number of methoxy groups -OCH3 is 3. The molecule has 0 saturated carbocycles. The van der Waals surface area contributed by atoms with Crippen LogP contribution in [-0.4, -0.2) is 285 Å². The molecule has 3 heterocycles. The number of allylic oxidation sites excluding steroid dienone is 6. The number of imide groups is 1. The second-order valence-electron chi connectivity index (χ2n) is 22.2. The van der Waals surface area contributed by atoms with Gasteiger partial charge in [-0.25, -0.2) is 13.2 Å². The van der Waals surface area contributed by atoms with Gasteiger partial charge in [0.2, 0.25) is 5.69 Å². The van der Waals surface area contributed by atoms with Crippen LogP contribution in [0.4, 0.5) is 11.4 Å². The van der Waals surface area contributed by atoms with E-state index in [1.807, 2.05) is 48.8 Å². The number of carbonyl (C=O) groups excluding carboxylic acids is 3. The summed E-state index contributed by atoms with van der Waals surface area (Å²) in [7, 11) is -4.67. The van der Waals surface area contributed by atoms with Crippen molar-refractivity contribution in [1.29, 1.82) is 0 Å². The van der Waals surface area contributed by atoms with E-state index in [4.69, 9.17) is 80.6 Å². The molecule has 3 aliphatic heterocycles. The van der Waals surface area contributed by atoms with Gasteiger partial charge in [0.05, 0.1) is 193 Å². The van der Waals surface area contributed by atoms with Gasteiger partial charge in [-0.15, -0.1) is 5.06 Å². The molecular formula is C65H99N3O26S2. The molecule has 2 aromatic rings. The van der Waals surface area contributed by atoms with E-state index in [0.717, 1.165) is 11.4 Å². The van der Waals surface area contributed by atoms with Crippen LogP contribution in [0.5, 0.6) is 0 Å². The van der Waals surface area contributed by atoms with Crippen LogP contribution in [0.2, 0.25) is 0 Å². The maximum Gasteiger partial charge on any atom is 0.335 e. The predicted octanol–water partition coefficient (Wildman–Crippen LogP) is 3.90. The number of rotatable bonds is 57. The molecule has 542 valence electrons. The van der Waals surface area contributed by atoms with Crippen LogP contribution in [0.15, 0.2) is 82.3 Å². The lowest BCUT2D eigenvalue weighted by Gasteiger charge is -2.30. The fourth-order valence-corrected chi connectivity index (χ4v) is 11.4. The van der Waals surface area contributed by atoms with Crippen molar-refractivity contribution in [3.8, 4) is 0 Å². The number of carbonyl (C=O) groups is 3. The standard InChI is InChI=1S/C65H99N3O26S2/c1-64(18-23-82-34-39-90-46-43-86-30-27-78-3)55-51-53(95(72,73)74)11-13-57(55)66(20-25-84-36-41-92-48-45-88-32-29-80-5)59(64)9-7-6-8-10-60-65(2,19-24-83-35-40-91-47-44-87-31-28-79-4)56-52-54(96(75,76)77)12-14-58(56)67(60)21-26-85-37-42-93-50-49-89-38-33-81-22-17-63(71)94-68-61(69)15-16-62(68)70/h6-14,51-52H,15-50H2,1-5H3,(H-,72,73,74,75,76,77). The van der Waals surface area contributed by atoms with Crippen LogP contribution >= 0.6 is 0 Å². The highest BCUT2D eigenvalue weighted by Crippen LogP contribution is 2.51. The molecule has 0 aliphatic carbocycles. The monoisotopic (exact) mass is 1400 g/mol. The van der Waals surface area contributed by atoms with Gasteiger partial charge in [0.15, 0.2) is 12.3 Å². The van der Waals surface area contributed by atoms with Crippen LogP contribution in [0.25, 0.3) is 0 Å². The molecule has 2 amide bonds.